The molecule has 156 valence electrons. The zero-order valence-electron chi connectivity index (χ0n) is 17.0. The molecule has 7 heteroatoms. The molecule has 2 aromatic rings. The summed E-state index contributed by atoms with van der Waals surface area (Å²) in [4.78, 5) is 25.3. The molecular weight excluding hydrogens is 400 g/mol. The van der Waals surface area contributed by atoms with Gasteiger partial charge in [0.15, 0.2) is 11.5 Å². The van der Waals surface area contributed by atoms with Gasteiger partial charge in [-0.3, -0.25) is 4.79 Å². The first-order valence-electron chi connectivity index (χ1n) is 9.88. The van der Waals surface area contributed by atoms with Crippen LogP contribution in [-0.4, -0.2) is 25.0 Å². The monoisotopic (exact) mass is 424 g/mol. The molecule has 0 radical (unpaired) electrons. The van der Waals surface area contributed by atoms with Crippen LogP contribution in [0.1, 0.15) is 47.8 Å². The van der Waals surface area contributed by atoms with Gasteiger partial charge in [-0.25, -0.2) is 4.79 Å². The van der Waals surface area contributed by atoms with Crippen LogP contribution in [0.25, 0.3) is 6.08 Å². The normalized spacial score (nSPS) is 18.9. The van der Waals surface area contributed by atoms with Gasteiger partial charge in [-0.1, -0.05) is 31.9 Å². The number of amides is 1. The summed E-state index contributed by atoms with van der Waals surface area (Å²) >= 11 is 1.29. The number of rotatable bonds is 6. The van der Waals surface area contributed by atoms with E-state index in [1.807, 2.05) is 6.07 Å². The maximum Gasteiger partial charge on any atom is 0.353 e. The second-order valence-electron chi connectivity index (χ2n) is 7.29. The number of nitrogens with zero attached hydrogens (tertiary/aromatic N) is 1. The number of hydrogen-bond donors (Lipinski definition) is 1. The Bertz CT molecular complexity index is 976. The molecule has 1 aliphatic rings. The average Bonchev–Trinajstić information content (AvgIpc) is 3.29. The van der Waals surface area contributed by atoms with Crippen molar-refractivity contribution in [2.45, 2.75) is 38.6 Å². The Morgan fingerprint density at radius 1 is 1.23 bits per heavy atom. The van der Waals surface area contributed by atoms with E-state index in [1.165, 1.54) is 30.9 Å². The van der Waals surface area contributed by atoms with Gasteiger partial charge in [0.1, 0.15) is 16.5 Å². The third-order valence-corrected chi connectivity index (χ3v) is 6.07. The number of hydrogen-bond acceptors (Lipinski definition) is 6. The van der Waals surface area contributed by atoms with Gasteiger partial charge in [0.2, 0.25) is 0 Å². The quantitative estimate of drug-likeness (QED) is 0.317. The summed E-state index contributed by atoms with van der Waals surface area (Å²) in [5.74, 6) is 0.174. The predicted octanol–water partition coefficient (Wildman–Crippen LogP) is 4.58. The highest BCUT2D eigenvalue weighted by molar-refractivity contribution is 7.12. The molecule has 1 aromatic heterocycles. The minimum atomic E-state index is -0.467. The predicted molar refractivity (Wildman–Crippen MR) is 115 cm³/mol. The van der Waals surface area contributed by atoms with E-state index in [0.717, 1.165) is 19.3 Å². The van der Waals surface area contributed by atoms with Crippen LogP contribution in [0.4, 0.5) is 0 Å². The molecule has 0 spiro atoms. The number of ether oxygens (including phenoxy) is 2. The fraction of sp³-hybridized carbons (Fsp3) is 0.348. The van der Waals surface area contributed by atoms with Crippen LogP contribution in [0, 0.1) is 17.2 Å². The highest BCUT2D eigenvalue weighted by Gasteiger charge is 2.24. The van der Waals surface area contributed by atoms with Crippen LogP contribution < -0.4 is 14.8 Å². The maximum atomic E-state index is 12.6. The molecule has 1 amide bonds. The van der Waals surface area contributed by atoms with Crippen LogP contribution in [-0.2, 0) is 4.79 Å². The van der Waals surface area contributed by atoms with Crippen molar-refractivity contribution >= 4 is 29.3 Å². The van der Waals surface area contributed by atoms with Gasteiger partial charge in [0, 0.05) is 6.04 Å². The molecule has 3 rings (SSSR count). The number of benzene rings is 1. The molecule has 0 aliphatic heterocycles. The smallest absolute Gasteiger partial charge is 0.353 e. The lowest BCUT2D eigenvalue weighted by molar-refractivity contribution is -0.118. The Balaban J connectivity index is 1.75. The Morgan fingerprint density at radius 2 is 2.03 bits per heavy atom. The molecule has 0 saturated heterocycles. The van der Waals surface area contributed by atoms with Crippen molar-refractivity contribution in [3.63, 3.8) is 0 Å². The number of carbonyl (C=O) groups is 2. The summed E-state index contributed by atoms with van der Waals surface area (Å²) in [5, 5.41) is 14.3. The molecule has 1 fully saturated rings. The molecule has 1 aliphatic carbocycles. The Labute approximate surface area is 180 Å². The third kappa shape index (κ3) is 5.28. The van der Waals surface area contributed by atoms with E-state index < -0.39 is 5.97 Å². The zero-order chi connectivity index (χ0) is 21.5. The standard InChI is InChI=1S/C23H24N2O4S/c1-15-6-3-4-7-18(15)25-22(26)17(14-24)12-16-9-10-19(20(13-16)28-2)29-23(27)21-8-5-11-30-21/h5,8-13,15,18H,3-4,6-7H2,1-2H3,(H,25,26)/b17-12+/t15-,18+/m1/s1. The van der Waals surface area contributed by atoms with Crippen molar-refractivity contribution in [3.05, 3.63) is 51.7 Å². The van der Waals surface area contributed by atoms with Crippen molar-refractivity contribution in [2.75, 3.05) is 7.11 Å². The summed E-state index contributed by atoms with van der Waals surface area (Å²) in [6.45, 7) is 2.13. The number of esters is 1. The molecule has 1 heterocycles. The lowest BCUT2D eigenvalue weighted by Gasteiger charge is -2.29. The first-order chi connectivity index (χ1) is 14.5. The van der Waals surface area contributed by atoms with E-state index in [4.69, 9.17) is 9.47 Å². The second-order valence-corrected chi connectivity index (χ2v) is 8.24. The fourth-order valence-electron chi connectivity index (χ4n) is 3.50. The van der Waals surface area contributed by atoms with Crippen molar-refractivity contribution < 1.29 is 19.1 Å². The third-order valence-electron chi connectivity index (χ3n) is 5.22. The van der Waals surface area contributed by atoms with Crippen LogP contribution >= 0.6 is 11.3 Å². The van der Waals surface area contributed by atoms with Crippen LogP contribution in [0.5, 0.6) is 11.5 Å². The molecule has 6 nitrogen and oxygen atoms in total. The number of carbonyl (C=O) groups excluding carboxylic acids is 2. The summed E-state index contributed by atoms with van der Waals surface area (Å²) in [6.07, 6.45) is 5.79. The number of methoxy groups -OCH3 is 1. The first kappa shape index (κ1) is 21.6. The van der Waals surface area contributed by atoms with Gasteiger partial charge in [-0.05, 0) is 54.0 Å². The van der Waals surface area contributed by atoms with Gasteiger partial charge < -0.3 is 14.8 Å². The molecule has 0 unspecified atom stereocenters. The topological polar surface area (TPSA) is 88.4 Å². The highest BCUT2D eigenvalue weighted by atomic mass is 32.1. The highest BCUT2D eigenvalue weighted by Crippen LogP contribution is 2.30. The summed E-state index contributed by atoms with van der Waals surface area (Å²) in [5.41, 5.74) is 0.629. The summed E-state index contributed by atoms with van der Waals surface area (Å²) in [6, 6.07) is 10.4. The van der Waals surface area contributed by atoms with Gasteiger partial charge in [-0.2, -0.15) is 5.26 Å². The van der Waals surface area contributed by atoms with Crippen molar-refractivity contribution in [1.82, 2.24) is 5.32 Å². The number of thiophene rings is 1. The molecule has 0 bridgehead atoms. The lowest BCUT2D eigenvalue weighted by Crippen LogP contribution is -2.41. The maximum absolute atomic E-state index is 12.6. The summed E-state index contributed by atoms with van der Waals surface area (Å²) in [7, 11) is 1.47. The van der Waals surface area contributed by atoms with E-state index in [9.17, 15) is 14.9 Å². The van der Waals surface area contributed by atoms with Crippen LogP contribution in [0.3, 0.4) is 0 Å². The van der Waals surface area contributed by atoms with Gasteiger partial charge in [-0.15, -0.1) is 11.3 Å². The Morgan fingerprint density at radius 3 is 2.70 bits per heavy atom. The Kier molecular flexibility index (Phi) is 7.26. The molecule has 2 atom stereocenters. The molecular formula is C23H24N2O4S. The molecule has 30 heavy (non-hydrogen) atoms. The molecule has 1 saturated carbocycles. The van der Waals surface area contributed by atoms with Gasteiger partial charge in [0.25, 0.3) is 5.91 Å². The fourth-order valence-corrected chi connectivity index (χ4v) is 4.09. The number of nitriles is 1. The van der Waals surface area contributed by atoms with Crippen molar-refractivity contribution in [3.8, 4) is 17.6 Å². The Hall–Kier alpha value is -3.11. The zero-order valence-corrected chi connectivity index (χ0v) is 17.8. The molecule has 1 aromatic carbocycles. The average molecular weight is 425 g/mol. The van der Waals surface area contributed by atoms with E-state index in [1.54, 1.807) is 35.7 Å². The minimum Gasteiger partial charge on any atom is -0.493 e. The second kappa shape index (κ2) is 10.1. The SMILES string of the molecule is COc1cc(/C=C(\C#N)C(=O)N[C@H]2CCCC[C@H]2C)ccc1OC(=O)c1cccs1. The van der Waals surface area contributed by atoms with Crippen LogP contribution in [0.2, 0.25) is 0 Å². The van der Waals surface area contributed by atoms with E-state index >= 15 is 0 Å². The van der Waals surface area contributed by atoms with Crippen LogP contribution in [0.15, 0.2) is 41.3 Å². The summed E-state index contributed by atoms with van der Waals surface area (Å²) < 4.78 is 10.7. The van der Waals surface area contributed by atoms with Gasteiger partial charge in [0.05, 0.1) is 7.11 Å². The van der Waals surface area contributed by atoms with Crippen molar-refractivity contribution in [2.24, 2.45) is 5.92 Å². The first-order valence-corrected chi connectivity index (χ1v) is 10.8. The van der Waals surface area contributed by atoms with Gasteiger partial charge >= 0.3 is 5.97 Å². The molecule has 1 N–H and O–H groups in total. The minimum absolute atomic E-state index is 0.0261. The van der Waals surface area contributed by atoms with E-state index in [0.29, 0.717) is 22.1 Å². The van der Waals surface area contributed by atoms with E-state index in [-0.39, 0.29) is 23.3 Å². The largest absolute Gasteiger partial charge is 0.493 e. The number of nitrogens with one attached hydrogen (secondary N) is 1. The van der Waals surface area contributed by atoms with E-state index in [2.05, 4.69) is 12.2 Å². The lowest BCUT2D eigenvalue weighted by atomic mass is 9.86. The van der Waals surface area contributed by atoms with Crippen molar-refractivity contribution in [1.29, 1.82) is 5.26 Å².